The summed E-state index contributed by atoms with van der Waals surface area (Å²) < 4.78 is 2.03. The number of hydrogen-bond acceptors (Lipinski definition) is 6. The first kappa shape index (κ1) is 23.2. The number of amides is 1. The normalized spacial score (nSPS) is 16.1. The summed E-state index contributed by atoms with van der Waals surface area (Å²) in [5.74, 6) is 0.279. The fourth-order valence-corrected chi connectivity index (χ4v) is 5.09. The van der Waals surface area contributed by atoms with E-state index in [9.17, 15) is 9.59 Å². The summed E-state index contributed by atoms with van der Waals surface area (Å²) in [6.07, 6.45) is 4.12. The Labute approximate surface area is 202 Å². The second-order valence-corrected chi connectivity index (χ2v) is 9.89. The van der Waals surface area contributed by atoms with E-state index in [1.807, 2.05) is 64.1 Å². The van der Waals surface area contributed by atoms with E-state index in [-0.39, 0.29) is 17.5 Å². The van der Waals surface area contributed by atoms with Crippen LogP contribution in [0.4, 0.5) is 5.82 Å². The van der Waals surface area contributed by atoms with Crippen LogP contribution < -0.4 is 10.9 Å². The number of thiocarbonyl (C=S) groups is 1. The summed E-state index contributed by atoms with van der Waals surface area (Å²) in [4.78, 5) is 33.4. The molecule has 170 valence electrons. The van der Waals surface area contributed by atoms with Crippen molar-refractivity contribution in [3.05, 3.63) is 80.1 Å². The van der Waals surface area contributed by atoms with Gasteiger partial charge in [0.05, 0.1) is 10.5 Å². The number of pyridine rings is 1. The molecule has 1 saturated heterocycles. The SMILES string of the molecule is CCC(C)N1C(=O)C(=Cc2c(NCc3ccc(C)cc3)nc3c(C)cccn3c2=O)SC1=S. The third-order valence-electron chi connectivity index (χ3n) is 5.80. The summed E-state index contributed by atoms with van der Waals surface area (Å²) in [6.45, 7) is 8.45. The van der Waals surface area contributed by atoms with Crippen LogP contribution >= 0.6 is 24.0 Å². The number of carbonyl (C=O) groups is 1. The van der Waals surface area contributed by atoms with Crippen LogP contribution in [-0.4, -0.2) is 30.6 Å². The van der Waals surface area contributed by atoms with Crippen LogP contribution in [-0.2, 0) is 11.3 Å². The average molecular weight is 479 g/mol. The molecule has 6 nitrogen and oxygen atoms in total. The zero-order valence-electron chi connectivity index (χ0n) is 19.1. The van der Waals surface area contributed by atoms with Gasteiger partial charge in [-0.1, -0.05) is 66.8 Å². The smallest absolute Gasteiger partial charge is 0.267 e. The number of aryl methyl sites for hydroxylation is 2. The lowest BCUT2D eigenvalue weighted by atomic mass is 10.1. The predicted molar refractivity (Wildman–Crippen MR) is 139 cm³/mol. The van der Waals surface area contributed by atoms with Crippen LogP contribution in [0.2, 0.25) is 0 Å². The summed E-state index contributed by atoms with van der Waals surface area (Å²) in [5.41, 5.74) is 3.83. The largest absolute Gasteiger partial charge is 0.365 e. The molecule has 3 aromatic rings. The van der Waals surface area contributed by atoms with Crippen molar-refractivity contribution in [3.8, 4) is 0 Å². The number of nitrogens with zero attached hydrogens (tertiary/aromatic N) is 3. The lowest BCUT2D eigenvalue weighted by Gasteiger charge is -2.21. The van der Waals surface area contributed by atoms with Crippen molar-refractivity contribution >= 4 is 51.7 Å². The topological polar surface area (TPSA) is 66.7 Å². The van der Waals surface area contributed by atoms with Crippen LogP contribution in [0.1, 0.15) is 42.5 Å². The van der Waals surface area contributed by atoms with Gasteiger partial charge < -0.3 is 5.32 Å². The summed E-state index contributed by atoms with van der Waals surface area (Å²) in [7, 11) is 0. The van der Waals surface area contributed by atoms with Gasteiger partial charge in [0.15, 0.2) is 0 Å². The molecule has 33 heavy (non-hydrogen) atoms. The Morgan fingerprint density at radius 3 is 2.61 bits per heavy atom. The molecule has 2 aromatic heterocycles. The highest BCUT2D eigenvalue weighted by Gasteiger charge is 2.35. The first-order chi connectivity index (χ1) is 15.8. The highest BCUT2D eigenvalue weighted by molar-refractivity contribution is 8.26. The molecule has 0 radical (unpaired) electrons. The van der Waals surface area contributed by atoms with Crippen LogP contribution in [0, 0.1) is 13.8 Å². The predicted octanol–water partition coefficient (Wildman–Crippen LogP) is 4.92. The lowest BCUT2D eigenvalue weighted by molar-refractivity contribution is -0.123. The Hall–Kier alpha value is -2.97. The Kier molecular flexibility index (Phi) is 6.67. The van der Waals surface area contributed by atoms with E-state index in [2.05, 4.69) is 5.32 Å². The van der Waals surface area contributed by atoms with Crippen LogP contribution in [0.3, 0.4) is 0 Å². The number of anilines is 1. The highest BCUT2D eigenvalue weighted by atomic mass is 32.2. The molecule has 0 saturated carbocycles. The maximum Gasteiger partial charge on any atom is 0.267 e. The molecule has 1 N–H and O–H groups in total. The van der Waals surface area contributed by atoms with E-state index in [0.717, 1.165) is 17.5 Å². The number of fused-ring (bicyclic) bond motifs is 1. The summed E-state index contributed by atoms with van der Waals surface area (Å²) in [5, 5.41) is 3.32. The van der Waals surface area contributed by atoms with Crippen molar-refractivity contribution in [2.75, 3.05) is 5.32 Å². The van der Waals surface area contributed by atoms with Gasteiger partial charge in [0.25, 0.3) is 11.5 Å². The van der Waals surface area contributed by atoms with Crippen molar-refractivity contribution in [1.82, 2.24) is 14.3 Å². The Bertz CT molecular complexity index is 1330. The van der Waals surface area contributed by atoms with Crippen LogP contribution in [0.5, 0.6) is 0 Å². The molecule has 0 bridgehead atoms. The number of nitrogens with one attached hydrogen (secondary N) is 1. The minimum absolute atomic E-state index is 0.000933. The molecule has 1 aromatic carbocycles. The number of hydrogen-bond donors (Lipinski definition) is 1. The first-order valence-electron chi connectivity index (χ1n) is 10.9. The van der Waals surface area contributed by atoms with E-state index < -0.39 is 0 Å². The molecular weight excluding hydrogens is 452 g/mol. The standard InChI is InChI=1S/C25H26N4O2S2/c1-5-17(4)29-24(31)20(33-25(29)32)13-19-21(26-14-18-10-8-15(2)9-11-18)27-22-16(3)7-6-12-28(22)23(19)30/h6-13,17,26H,5,14H2,1-4H3. The summed E-state index contributed by atoms with van der Waals surface area (Å²) in [6, 6.07) is 11.9. The fraction of sp³-hybridized carbons (Fsp3) is 0.280. The molecule has 1 fully saturated rings. The number of benzene rings is 1. The summed E-state index contributed by atoms with van der Waals surface area (Å²) >= 11 is 6.68. The Balaban J connectivity index is 1.80. The van der Waals surface area contributed by atoms with E-state index >= 15 is 0 Å². The van der Waals surface area contributed by atoms with E-state index in [0.29, 0.717) is 32.8 Å². The minimum atomic E-state index is -0.232. The highest BCUT2D eigenvalue weighted by Crippen LogP contribution is 2.35. The molecule has 1 unspecified atom stereocenters. The number of rotatable bonds is 6. The maximum absolute atomic E-state index is 13.5. The van der Waals surface area contributed by atoms with Gasteiger partial charge in [-0.2, -0.15) is 0 Å². The second-order valence-electron chi connectivity index (χ2n) is 8.21. The lowest BCUT2D eigenvalue weighted by Crippen LogP contribution is -2.36. The molecule has 1 atom stereocenters. The van der Waals surface area contributed by atoms with Gasteiger partial charge in [0.1, 0.15) is 15.8 Å². The van der Waals surface area contributed by atoms with Gasteiger partial charge in [-0.3, -0.25) is 18.9 Å². The first-order valence-corrected chi connectivity index (χ1v) is 12.1. The minimum Gasteiger partial charge on any atom is -0.365 e. The molecule has 3 heterocycles. The van der Waals surface area contributed by atoms with Gasteiger partial charge in [0.2, 0.25) is 0 Å². The zero-order valence-corrected chi connectivity index (χ0v) is 20.7. The van der Waals surface area contributed by atoms with E-state index in [1.54, 1.807) is 17.2 Å². The number of aromatic nitrogens is 2. The second kappa shape index (κ2) is 9.49. The Morgan fingerprint density at radius 1 is 1.18 bits per heavy atom. The molecule has 1 aliphatic rings. The molecule has 4 rings (SSSR count). The average Bonchev–Trinajstić information content (AvgIpc) is 3.08. The van der Waals surface area contributed by atoms with Crippen molar-refractivity contribution in [2.45, 2.75) is 46.7 Å². The molecule has 8 heteroatoms. The number of carbonyl (C=O) groups excluding carboxylic acids is 1. The third-order valence-corrected chi connectivity index (χ3v) is 7.13. The quantitative estimate of drug-likeness (QED) is 0.401. The molecule has 1 amide bonds. The molecule has 0 spiro atoms. The van der Waals surface area contributed by atoms with Crippen molar-refractivity contribution in [1.29, 1.82) is 0 Å². The monoisotopic (exact) mass is 478 g/mol. The molecule has 1 aliphatic heterocycles. The molecule has 0 aliphatic carbocycles. The fourth-order valence-electron chi connectivity index (χ4n) is 3.64. The third kappa shape index (κ3) is 4.58. The van der Waals surface area contributed by atoms with Gasteiger partial charge >= 0.3 is 0 Å². The van der Waals surface area contributed by atoms with Gasteiger partial charge in [-0.05, 0) is 50.5 Å². The van der Waals surface area contributed by atoms with Gasteiger partial charge in [-0.15, -0.1) is 0 Å². The van der Waals surface area contributed by atoms with Crippen LogP contribution in [0.25, 0.3) is 11.7 Å². The van der Waals surface area contributed by atoms with Crippen molar-refractivity contribution in [2.24, 2.45) is 0 Å². The Morgan fingerprint density at radius 2 is 1.91 bits per heavy atom. The van der Waals surface area contributed by atoms with Gasteiger partial charge in [0, 0.05) is 18.8 Å². The van der Waals surface area contributed by atoms with E-state index in [1.165, 1.54) is 21.7 Å². The van der Waals surface area contributed by atoms with Crippen LogP contribution in [0.15, 0.2) is 52.3 Å². The van der Waals surface area contributed by atoms with Crippen molar-refractivity contribution < 1.29 is 4.79 Å². The zero-order chi connectivity index (χ0) is 23.7. The number of thioether (sulfide) groups is 1. The maximum atomic E-state index is 13.5. The molecular formula is C25H26N4O2S2. The van der Waals surface area contributed by atoms with Crippen molar-refractivity contribution in [3.63, 3.8) is 0 Å². The van der Waals surface area contributed by atoms with E-state index in [4.69, 9.17) is 17.2 Å². The van der Waals surface area contributed by atoms with Gasteiger partial charge in [-0.25, -0.2) is 4.98 Å².